The number of fused-ring (bicyclic) bond motifs is 1. The fourth-order valence-electron chi connectivity index (χ4n) is 3.21. The predicted molar refractivity (Wildman–Crippen MR) is 112 cm³/mol. The van der Waals surface area contributed by atoms with E-state index in [0.717, 1.165) is 17.7 Å². The fourth-order valence-corrected chi connectivity index (χ4v) is 4.26. The van der Waals surface area contributed by atoms with Crippen molar-refractivity contribution in [2.75, 3.05) is 11.5 Å². The van der Waals surface area contributed by atoms with Crippen LogP contribution in [0.15, 0.2) is 76.0 Å². The van der Waals surface area contributed by atoms with E-state index in [9.17, 15) is 12.8 Å². The van der Waals surface area contributed by atoms with Gasteiger partial charge in [0.15, 0.2) is 11.5 Å². The largest absolute Gasteiger partial charge is 0.454 e. The normalized spacial score (nSPS) is 12.7. The van der Waals surface area contributed by atoms with Gasteiger partial charge in [-0.2, -0.15) is 0 Å². The average Bonchev–Trinajstić information content (AvgIpc) is 3.43. The van der Waals surface area contributed by atoms with Gasteiger partial charge in [-0.25, -0.2) is 12.8 Å². The molecule has 0 unspecified atom stereocenters. The third kappa shape index (κ3) is 4.12. The van der Waals surface area contributed by atoms with Crippen molar-refractivity contribution < 1.29 is 26.7 Å². The molecule has 1 aliphatic heterocycles. The number of aromatic nitrogens is 2. The van der Waals surface area contributed by atoms with Crippen molar-refractivity contribution in [1.29, 1.82) is 0 Å². The highest BCUT2D eigenvalue weighted by atomic mass is 32.2. The summed E-state index contributed by atoms with van der Waals surface area (Å²) in [6.45, 7) is 0.199. The van der Waals surface area contributed by atoms with E-state index in [1.807, 2.05) is 18.2 Å². The molecule has 10 heteroatoms. The lowest BCUT2D eigenvalue weighted by atomic mass is 10.1. The first kappa shape index (κ1) is 20.0. The Hall–Kier alpha value is -3.92. The Morgan fingerprint density at radius 1 is 0.938 bits per heavy atom. The molecule has 0 atom stereocenters. The number of sulfonamides is 1. The molecular formula is C22H16FN3O5S. The molecule has 3 aromatic carbocycles. The van der Waals surface area contributed by atoms with Crippen molar-refractivity contribution in [1.82, 2.24) is 10.2 Å². The smallest absolute Gasteiger partial charge is 0.261 e. The number of benzene rings is 3. The van der Waals surface area contributed by atoms with Crippen LogP contribution in [0.2, 0.25) is 0 Å². The minimum absolute atomic E-state index is 0.0481. The molecule has 0 fully saturated rings. The summed E-state index contributed by atoms with van der Waals surface area (Å²) in [5.74, 6) is 1.50. The van der Waals surface area contributed by atoms with Crippen LogP contribution in [0.4, 0.5) is 10.1 Å². The maximum absolute atomic E-state index is 13.1. The topological polar surface area (TPSA) is 104 Å². The van der Waals surface area contributed by atoms with Crippen molar-refractivity contribution in [3.8, 4) is 23.0 Å². The lowest BCUT2D eigenvalue weighted by molar-refractivity contribution is 0.174. The molecule has 0 radical (unpaired) electrons. The third-order valence-corrected chi connectivity index (χ3v) is 6.14. The van der Waals surface area contributed by atoms with Crippen LogP contribution in [-0.2, 0) is 16.4 Å². The van der Waals surface area contributed by atoms with Gasteiger partial charge < -0.3 is 13.9 Å². The molecule has 0 bridgehead atoms. The Morgan fingerprint density at radius 2 is 1.75 bits per heavy atom. The highest BCUT2D eigenvalue weighted by molar-refractivity contribution is 7.92. The van der Waals surface area contributed by atoms with Crippen LogP contribution in [0, 0.1) is 5.82 Å². The summed E-state index contributed by atoms with van der Waals surface area (Å²) in [4.78, 5) is -0.0481. The predicted octanol–water partition coefficient (Wildman–Crippen LogP) is 4.00. The second kappa shape index (κ2) is 7.97. The average molecular weight is 453 g/mol. The summed E-state index contributed by atoms with van der Waals surface area (Å²) in [5, 5.41) is 8.15. The molecule has 8 nitrogen and oxygen atoms in total. The van der Waals surface area contributed by atoms with E-state index in [0.29, 0.717) is 35.1 Å². The van der Waals surface area contributed by atoms with Crippen molar-refractivity contribution >= 4 is 15.7 Å². The van der Waals surface area contributed by atoms with Gasteiger partial charge >= 0.3 is 0 Å². The molecule has 0 spiro atoms. The summed E-state index contributed by atoms with van der Waals surface area (Å²) < 4.78 is 57.1. The quantitative estimate of drug-likeness (QED) is 0.471. The Kier molecular flexibility index (Phi) is 4.98. The first-order valence-electron chi connectivity index (χ1n) is 9.56. The molecule has 0 aliphatic carbocycles. The van der Waals surface area contributed by atoms with Gasteiger partial charge in [0, 0.05) is 11.3 Å². The van der Waals surface area contributed by atoms with Crippen LogP contribution < -0.4 is 14.2 Å². The minimum Gasteiger partial charge on any atom is -0.454 e. The lowest BCUT2D eigenvalue weighted by Gasteiger charge is -2.08. The van der Waals surface area contributed by atoms with Crippen LogP contribution in [0.25, 0.3) is 11.5 Å². The number of ether oxygens (including phenoxy) is 2. The molecule has 2 heterocycles. The van der Waals surface area contributed by atoms with E-state index in [2.05, 4.69) is 14.9 Å². The van der Waals surface area contributed by atoms with E-state index < -0.39 is 15.8 Å². The number of rotatable bonds is 6. The molecule has 32 heavy (non-hydrogen) atoms. The SMILES string of the molecule is O=S(=O)(Nc1cccc(-c2nnc(Cc3ccc4c(c3)OCO4)o2)c1)c1ccc(F)cc1. The Morgan fingerprint density at radius 3 is 2.59 bits per heavy atom. The molecule has 0 saturated carbocycles. The van der Waals surface area contributed by atoms with E-state index >= 15 is 0 Å². The summed E-state index contributed by atoms with van der Waals surface area (Å²) >= 11 is 0. The van der Waals surface area contributed by atoms with Crippen LogP contribution in [0.3, 0.4) is 0 Å². The Labute approximate surface area is 182 Å². The fraction of sp³-hybridized carbons (Fsp3) is 0.0909. The van der Waals surface area contributed by atoms with Gasteiger partial charge in [-0.05, 0) is 60.2 Å². The van der Waals surface area contributed by atoms with Crippen LogP contribution in [-0.4, -0.2) is 25.4 Å². The maximum atomic E-state index is 13.1. The first-order chi connectivity index (χ1) is 15.5. The van der Waals surface area contributed by atoms with E-state index in [-0.39, 0.29) is 17.6 Å². The van der Waals surface area contributed by atoms with Crippen molar-refractivity contribution in [2.45, 2.75) is 11.3 Å². The Bertz CT molecular complexity index is 1390. The first-order valence-corrected chi connectivity index (χ1v) is 11.0. The maximum Gasteiger partial charge on any atom is 0.261 e. The van der Waals surface area contributed by atoms with Gasteiger partial charge in [0.1, 0.15) is 5.82 Å². The van der Waals surface area contributed by atoms with Crippen LogP contribution >= 0.6 is 0 Å². The standard InChI is InChI=1S/C22H16FN3O5S/c23-16-5-7-18(8-6-16)32(27,28)26-17-3-1-2-15(12-17)22-25-24-21(31-22)11-14-4-9-19-20(10-14)30-13-29-19/h1-10,12,26H,11,13H2. The number of nitrogens with one attached hydrogen (secondary N) is 1. The summed E-state index contributed by atoms with van der Waals surface area (Å²) in [6.07, 6.45) is 0.403. The highest BCUT2D eigenvalue weighted by Gasteiger charge is 2.17. The molecule has 1 aromatic heterocycles. The van der Waals surface area contributed by atoms with E-state index in [1.54, 1.807) is 24.3 Å². The molecule has 5 rings (SSSR count). The number of halogens is 1. The third-order valence-electron chi connectivity index (χ3n) is 4.74. The van der Waals surface area contributed by atoms with Gasteiger partial charge in [0.25, 0.3) is 10.0 Å². The molecule has 0 amide bonds. The minimum atomic E-state index is -3.87. The molecule has 4 aromatic rings. The van der Waals surface area contributed by atoms with Crippen LogP contribution in [0.1, 0.15) is 11.5 Å². The van der Waals surface area contributed by atoms with Crippen LogP contribution in [0.5, 0.6) is 11.5 Å². The number of anilines is 1. The second-order valence-electron chi connectivity index (χ2n) is 7.01. The molecule has 1 aliphatic rings. The van der Waals surface area contributed by atoms with E-state index in [1.165, 1.54) is 12.1 Å². The molecule has 1 N–H and O–H groups in total. The van der Waals surface area contributed by atoms with Gasteiger partial charge in [-0.3, -0.25) is 4.72 Å². The molecule has 162 valence electrons. The second-order valence-corrected chi connectivity index (χ2v) is 8.69. The van der Waals surface area contributed by atoms with Gasteiger partial charge in [-0.1, -0.05) is 12.1 Å². The van der Waals surface area contributed by atoms with E-state index in [4.69, 9.17) is 13.9 Å². The Balaban J connectivity index is 1.33. The van der Waals surface area contributed by atoms with Gasteiger partial charge in [-0.15, -0.1) is 10.2 Å². The highest BCUT2D eigenvalue weighted by Crippen LogP contribution is 2.33. The van der Waals surface area contributed by atoms with Gasteiger partial charge in [0.05, 0.1) is 11.3 Å². The summed E-state index contributed by atoms with van der Waals surface area (Å²) in [5.41, 5.74) is 1.78. The van der Waals surface area contributed by atoms with Gasteiger partial charge in [0.2, 0.25) is 18.6 Å². The van der Waals surface area contributed by atoms with Crippen molar-refractivity contribution in [3.05, 3.63) is 84.0 Å². The molecular weight excluding hydrogens is 437 g/mol. The zero-order chi connectivity index (χ0) is 22.1. The lowest BCUT2D eigenvalue weighted by Crippen LogP contribution is -2.12. The summed E-state index contributed by atoms with van der Waals surface area (Å²) in [7, 11) is -3.87. The zero-order valence-electron chi connectivity index (χ0n) is 16.5. The molecule has 0 saturated heterocycles. The van der Waals surface area contributed by atoms with Crippen molar-refractivity contribution in [3.63, 3.8) is 0 Å². The number of nitrogens with zero attached hydrogens (tertiary/aromatic N) is 2. The number of hydrogen-bond donors (Lipinski definition) is 1. The number of hydrogen-bond acceptors (Lipinski definition) is 7. The zero-order valence-corrected chi connectivity index (χ0v) is 17.3. The monoisotopic (exact) mass is 453 g/mol. The van der Waals surface area contributed by atoms with Crippen molar-refractivity contribution in [2.24, 2.45) is 0 Å². The summed E-state index contributed by atoms with van der Waals surface area (Å²) in [6, 6.07) is 16.7.